The monoisotopic (exact) mass is 306 g/mol. The van der Waals surface area contributed by atoms with E-state index in [0.717, 1.165) is 31.6 Å². The highest BCUT2D eigenvalue weighted by Gasteiger charge is 2.46. The SMILES string of the molecule is CCC1(C)NC(c2ccccc2)N(CCCCSC)C1=O. The third-order valence-corrected chi connectivity index (χ3v) is 5.02. The van der Waals surface area contributed by atoms with Crippen LogP contribution in [-0.4, -0.2) is 34.9 Å². The Morgan fingerprint density at radius 2 is 2.00 bits per heavy atom. The van der Waals surface area contributed by atoms with Crippen molar-refractivity contribution in [1.29, 1.82) is 0 Å². The molecule has 1 aromatic rings. The number of amides is 1. The Kier molecular flexibility index (Phi) is 5.71. The van der Waals surface area contributed by atoms with E-state index in [1.165, 1.54) is 5.56 Å². The molecule has 21 heavy (non-hydrogen) atoms. The average molecular weight is 306 g/mol. The molecule has 0 bridgehead atoms. The first-order chi connectivity index (χ1) is 10.1. The molecule has 0 aliphatic carbocycles. The van der Waals surface area contributed by atoms with Gasteiger partial charge in [-0.05, 0) is 43.8 Å². The van der Waals surface area contributed by atoms with Gasteiger partial charge in [0.2, 0.25) is 5.91 Å². The van der Waals surface area contributed by atoms with Crippen LogP contribution >= 0.6 is 11.8 Å². The van der Waals surface area contributed by atoms with Gasteiger partial charge in [0.1, 0.15) is 6.17 Å². The van der Waals surface area contributed by atoms with Crippen LogP contribution in [-0.2, 0) is 4.79 Å². The maximum absolute atomic E-state index is 12.8. The van der Waals surface area contributed by atoms with Gasteiger partial charge in [0.15, 0.2) is 0 Å². The van der Waals surface area contributed by atoms with Crippen molar-refractivity contribution >= 4 is 17.7 Å². The second kappa shape index (κ2) is 7.32. The number of nitrogens with one attached hydrogen (secondary N) is 1. The number of rotatable bonds is 7. The highest BCUT2D eigenvalue weighted by molar-refractivity contribution is 7.98. The van der Waals surface area contributed by atoms with Gasteiger partial charge in [-0.3, -0.25) is 10.1 Å². The first-order valence-corrected chi connectivity index (χ1v) is 9.14. The van der Waals surface area contributed by atoms with Gasteiger partial charge in [-0.15, -0.1) is 0 Å². The molecule has 0 aromatic heterocycles. The van der Waals surface area contributed by atoms with Crippen LogP contribution in [0.4, 0.5) is 0 Å². The van der Waals surface area contributed by atoms with E-state index in [9.17, 15) is 4.79 Å². The number of thioether (sulfide) groups is 1. The minimum Gasteiger partial charge on any atom is -0.321 e. The van der Waals surface area contributed by atoms with Crippen molar-refractivity contribution in [3.8, 4) is 0 Å². The summed E-state index contributed by atoms with van der Waals surface area (Å²) < 4.78 is 0. The van der Waals surface area contributed by atoms with Crippen LogP contribution in [0.3, 0.4) is 0 Å². The Labute approximate surface area is 132 Å². The third kappa shape index (κ3) is 3.61. The molecule has 0 spiro atoms. The van der Waals surface area contributed by atoms with Gasteiger partial charge in [0, 0.05) is 6.54 Å². The fourth-order valence-electron chi connectivity index (χ4n) is 2.79. The van der Waals surface area contributed by atoms with Crippen LogP contribution in [0.5, 0.6) is 0 Å². The number of unbranched alkanes of at least 4 members (excludes halogenated alkanes) is 1. The molecule has 116 valence electrons. The lowest BCUT2D eigenvalue weighted by Gasteiger charge is -2.24. The zero-order chi connectivity index (χ0) is 15.3. The number of benzene rings is 1. The predicted octanol–water partition coefficient (Wildman–Crippen LogP) is 3.43. The first-order valence-electron chi connectivity index (χ1n) is 7.75. The predicted molar refractivity (Wildman–Crippen MR) is 90.3 cm³/mol. The molecular formula is C17H26N2OS. The minimum atomic E-state index is -0.431. The number of carbonyl (C=O) groups is 1. The van der Waals surface area contributed by atoms with Crippen LogP contribution in [0.1, 0.15) is 44.8 Å². The first kappa shape index (κ1) is 16.4. The third-order valence-electron chi connectivity index (χ3n) is 4.32. The molecule has 1 saturated heterocycles. The lowest BCUT2D eigenvalue weighted by atomic mass is 9.99. The van der Waals surface area contributed by atoms with E-state index >= 15 is 0 Å². The smallest absolute Gasteiger partial charge is 0.244 e. The molecule has 1 aromatic carbocycles. The van der Waals surface area contributed by atoms with Gasteiger partial charge >= 0.3 is 0 Å². The van der Waals surface area contributed by atoms with Gasteiger partial charge in [-0.1, -0.05) is 37.3 Å². The quantitative estimate of drug-likeness (QED) is 0.783. The van der Waals surface area contributed by atoms with Gasteiger partial charge in [-0.2, -0.15) is 11.8 Å². The maximum atomic E-state index is 12.8. The van der Waals surface area contributed by atoms with Crippen molar-refractivity contribution in [2.45, 2.75) is 44.8 Å². The molecule has 2 unspecified atom stereocenters. The second-order valence-electron chi connectivity index (χ2n) is 5.84. The molecule has 1 aliphatic rings. The van der Waals surface area contributed by atoms with Crippen molar-refractivity contribution in [1.82, 2.24) is 10.2 Å². The number of hydrogen-bond acceptors (Lipinski definition) is 3. The zero-order valence-electron chi connectivity index (χ0n) is 13.3. The molecular weight excluding hydrogens is 280 g/mol. The summed E-state index contributed by atoms with van der Waals surface area (Å²) in [5.74, 6) is 1.40. The van der Waals surface area contributed by atoms with Crippen molar-refractivity contribution < 1.29 is 4.79 Å². The molecule has 1 heterocycles. The van der Waals surface area contributed by atoms with Crippen molar-refractivity contribution in [2.24, 2.45) is 0 Å². The Hall–Kier alpha value is -1.00. The fourth-order valence-corrected chi connectivity index (χ4v) is 3.28. The number of carbonyl (C=O) groups excluding carboxylic acids is 1. The Morgan fingerprint density at radius 1 is 1.29 bits per heavy atom. The van der Waals surface area contributed by atoms with Crippen LogP contribution in [0, 0.1) is 0 Å². The summed E-state index contributed by atoms with van der Waals surface area (Å²) in [6.45, 7) is 4.93. The van der Waals surface area contributed by atoms with E-state index < -0.39 is 5.54 Å². The van der Waals surface area contributed by atoms with Crippen molar-refractivity contribution in [2.75, 3.05) is 18.6 Å². The number of nitrogens with zero attached hydrogens (tertiary/aromatic N) is 1. The summed E-state index contributed by atoms with van der Waals surface area (Å²) in [6.07, 6.45) is 5.19. The summed E-state index contributed by atoms with van der Waals surface area (Å²) in [4.78, 5) is 14.8. The van der Waals surface area contributed by atoms with Gasteiger partial charge in [-0.25, -0.2) is 0 Å². The lowest BCUT2D eigenvalue weighted by molar-refractivity contribution is -0.133. The fraction of sp³-hybridized carbons (Fsp3) is 0.588. The van der Waals surface area contributed by atoms with Crippen LogP contribution in [0.2, 0.25) is 0 Å². The molecule has 1 aliphatic heterocycles. The van der Waals surface area contributed by atoms with Crippen molar-refractivity contribution in [3.63, 3.8) is 0 Å². The van der Waals surface area contributed by atoms with Gasteiger partial charge in [0.05, 0.1) is 5.54 Å². The van der Waals surface area contributed by atoms with E-state index in [1.54, 1.807) is 0 Å². The molecule has 2 rings (SSSR count). The zero-order valence-corrected chi connectivity index (χ0v) is 14.1. The largest absolute Gasteiger partial charge is 0.321 e. The Balaban J connectivity index is 2.14. The molecule has 4 heteroatoms. The van der Waals surface area contributed by atoms with Crippen LogP contribution < -0.4 is 5.32 Å². The summed E-state index contributed by atoms with van der Waals surface area (Å²) in [6, 6.07) is 10.3. The molecule has 0 radical (unpaired) electrons. The van der Waals surface area contributed by atoms with Gasteiger partial charge in [0.25, 0.3) is 0 Å². The second-order valence-corrected chi connectivity index (χ2v) is 6.83. The average Bonchev–Trinajstić information content (AvgIpc) is 2.78. The molecule has 1 fully saturated rings. The topological polar surface area (TPSA) is 32.3 Å². The van der Waals surface area contributed by atoms with Crippen molar-refractivity contribution in [3.05, 3.63) is 35.9 Å². The minimum absolute atomic E-state index is 0.0120. The van der Waals surface area contributed by atoms with Crippen LogP contribution in [0.15, 0.2) is 30.3 Å². The van der Waals surface area contributed by atoms with E-state index in [1.807, 2.05) is 41.8 Å². The standard InChI is InChI=1S/C17H26N2OS/c1-4-17(2)16(20)19(12-8-9-13-21-3)15(18-17)14-10-6-5-7-11-14/h5-7,10-11,15,18H,4,8-9,12-13H2,1-3H3. The van der Waals surface area contributed by atoms with E-state index in [4.69, 9.17) is 0 Å². The van der Waals surface area contributed by atoms with Crippen LogP contribution in [0.25, 0.3) is 0 Å². The molecule has 1 amide bonds. The van der Waals surface area contributed by atoms with E-state index in [0.29, 0.717) is 0 Å². The van der Waals surface area contributed by atoms with E-state index in [-0.39, 0.29) is 12.1 Å². The maximum Gasteiger partial charge on any atom is 0.244 e. The summed E-state index contributed by atoms with van der Waals surface area (Å²) in [5.41, 5.74) is 0.743. The highest BCUT2D eigenvalue weighted by atomic mass is 32.2. The number of hydrogen-bond donors (Lipinski definition) is 1. The highest BCUT2D eigenvalue weighted by Crippen LogP contribution is 2.32. The molecule has 3 nitrogen and oxygen atoms in total. The van der Waals surface area contributed by atoms with Gasteiger partial charge < -0.3 is 4.90 Å². The molecule has 2 atom stereocenters. The summed E-state index contributed by atoms with van der Waals surface area (Å²) in [7, 11) is 0. The Morgan fingerprint density at radius 3 is 2.62 bits per heavy atom. The summed E-state index contributed by atoms with van der Waals surface area (Å²) >= 11 is 1.87. The Bertz CT molecular complexity index is 465. The van der Waals surface area contributed by atoms with E-state index in [2.05, 4.69) is 30.6 Å². The normalized spacial score (nSPS) is 25.6. The molecule has 0 saturated carbocycles. The molecule has 1 N–H and O–H groups in total. The lowest BCUT2D eigenvalue weighted by Crippen LogP contribution is -2.43. The summed E-state index contributed by atoms with van der Waals surface area (Å²) in [5, 5.41) is 3.55.